The number of aryl methyl sites for hydroxylation is 2. The number of ether oxygens (including phenoxy) is 2. The molecule has 1 aliphatic rings. The molecular formula is C19H28IN5O2. The van der Waals surface area contributed by atoms with Gasteiger partial charge in [0.15, 0.2) is 17.5 Å². The molecule has 0 radical (unpaired) electrons. The normalized spacial score (nSPS) is 12.6. The molecule has 0 saturated carbocycles. The number of hydrogen-bond donors (Lipinski definition) is 2. The van der Waals surface area contributed by atoms with E-state index in [-0.39, 0.29) is 24.0 Å². The van der Waals surface area contributed by atoms with Crippen molar-refractivity contribution in [2.24, 2.45) is 4.99 Å². The summed E-state index contributed by atoms with van der Waals surface area (Å²) in [5.41, 5.74) is 1.10. The standard InChI is InChI=1S/C19H27N5O2.HI/c1-3-20-19(22-8-4-5-10-24-11-9-21-15(24)2)23-13-16-6-7-17-18(12-16)26-14-25-17;/h6-7,9,11-12H,3-5,8,10,13-14H2,1-2H3,(H2,20,22,23);1H. The van der Waals surface area contributed by atoms with Crippen molar-refractivity contribution < 1.29 is 9.47 Å². The van der Waals surface area contributed by atoms with Crippen LogP contribution in [0, 0.1) is 6.92 Å². The molecule has 3 rings (SSSR count). The lowest BCUT2D eigenvalue weighted by atomic mass is 10.2. The Morgan fingerprint density at radius 3 is 2.85 bits per heavy atom. The van der Waals surface area contributed by atoms with Crippen LogP contribution < -0.4 is 20.1 Å². The van der Waals surface area contributed by atoms with Crippen LogP contribution in [0.1, 0.15) is 31.2 Å². The van der Waals surface area contributed by atoms with Crippen molar-refractivity contribution >= 4 is 29.9 Å². The number of aliphatic imine (C=N–C) groups is 1. The topological polar surface area (TPSA) is 72.7 Å². The predicted molar refractivity (Wildman–Crippen MR) is 117 cm³/mol. The van der Waals surface area contributed by atoms with Crippen LogP contribution >= 0.6 is 24.0 Å². The molecule has 1 aromatic carbocycles. The average Bonchev–Trinajstić information content (AvgIpc) is 3.27. The van der Waals surface area contributed by atoms with Crippen LogP contribution in [0.15, 0.2) is 35.6 Å². The van der Waals surface area contributed by atoms with E-state index in [1.165, 1.54) is 0 Å². The number of rotatable bonds is 8. The van der Waals surface area contributed by atoms with Gasteiger partial charge in [0.25, 0.3) is 0 Å². The van der Waals surface area contributed by atoms with Gasteiger partial charge >= 0.3 is 0 Å². The highest BCUT2D eigenvalue weighted by Gasteiger charge is 2.12. The zero-order chi connectivity index (χ0) is 18.2. The molecule has 27 heavy (non-hydrogen) atoms. The summed E-state index contributed by atoms with van der Waals surface area (Å²) >= 11 is 0. The first-order valence-corrected chi connectivity index (χ1v) is 9.14. The molecule has 7 nitrogen and oxygen atoms in total. The Balaban J connectivity index is 0.00000261. The third-order valence-corrected chi connectivity index (χ3v) is 4.24. The summed E-state index contributed by atoms with van der Waals surface area (Å²) in [7, 11) is 0. The molecule has 2 aromatic rings. The zero-order valence-electron chi connectivity index (χ0n) is 15.9. The number of aromatic nitrogens is 2. The minimum absolute atomic E-state index is 0. The van der Waals surface area contributed by atoms with E-state index in [4.69, 9.17) is 9.47 Å². The molecule has 0 bridgehead atoms. The van der Waals surface area contributed by atoms with Crippen molar-refractivity contribution in [3.05, 3.63) is 42.0 Å². The van der Waals surface area contributed by atoms with Crippen LogP contribution in [0.4, 0.5) is 0 Å². The van der Waals surface area contributed by atoms with Gasteiger partial charge in [0, 0.05) is 32.0 Å². The highest BCUT2D eigenvalue weighted by molar-refractivity contribution is 14.0. The molecule has 2 N–H and O–H groups in total. The second kappa shape index (κ2) is 11.0. The molecule has 0 aliphatic carbocycles. The molecule has 0 atom stereocenters. The van der Waals surface area contributed by atoms with Crippen LogP contribution in [0.2, 0.25) is 0 Å². The van der Waals surface area contributed by atoms with Crippen LogP contribution in [0.25, 0.3) is 0 Å². The molecule has 0 spiro atoms. The maximum Gasteiger partial charge on any atom is 0.231 e. The summed E-state index contributed by atoms with van der Waals surface area (Å²) in [5.74, 6) is 3.50. The number of fused-ring (bicyclic) bond motifs is 1. The second-order valence-corrected chi connectivity index (χ2v) is 6.18. The van der Waals surface area contributed by atoms with E-state index >= 15 is 0 Å². The van der Waals surface area contributed by atoms with Gasteiger partial charge in [-0.1, -0.05) is 6.07 Å². The maximum atomic E-state index is 5.42. The van der Waals surface area contributed by atoms with Gasteiger partial charge in [0.2, 0.25) is 6.79 Å². The maximum absolute atomic E-state index is 5.42. The predicted octanol–water partition coefficient (Wildman–Crippen LogP) is 3.07. The Morgan fingerprint density at radius 2 is 2.07 bits per heavy atom. The van der Waals surface area contributed by atoms with E-state index in [2.05, 4.69) is 32.1 Å². The third kappa shape index (κ3) is 6.30. The van der Waals surface area contributed by atoms with Crippen LogP contribution in [0.5, 0.6) is 11.5 Å². The summed E-state index contributed by atoms with van der Waals surface area (Å²) in [6.07, 6.45) is 6.05. The lowest BCUT2D eigenvalue weighted by Gasteiger charge is -2.11. The zero-order valence-corrected chi connectivity index (χ0v) is 18.2. The Hall–Kier alpha value is -1.97. The minimum Gasteiger partial charge on any atom is -0.454 e. The van der Waals surface area contributed by atoms with E-state index in [0.717, 1.165) is 61.3 Å². The van der Waals surface area contributed by atoms with Crippen molar-refractivity contribution in [1.29, 1.82) is 0 Å². The highest BCUT2D eigenvalue weighted by atomic mass is 127. The molecular weight excluding hydrogens is 457 g/mol. The summed E-state index contributed by atoms with van der Waals surface area (Å²) in [5, 5.41) is 6.68. The second-order valence-electron chi connectivity index (χ2n) is 6.18. The molecule has 148 valence electrons. The Kier molecular flexibility index (Phi) is 8.70. The van der Waals surface area contributed by atoms with E-state index in [1.807, 2.05) is 37.5 Å². The number of nitrogens with zero attached hydrogens (tertiary/aromatic N) is 3. The lowest BCUT2D eigenvalue weighted by Crippen LogP contribution is -2.37. The SMILES string of the molecule is CCNC(=NCc1ccc2c(c1)OCO2)NCCCCn1ccnc1C.I. The average molecular weight is 485 g/mol. The first-order valence-electron chi connectivity index (χ1n) is 9.14. The van der Waals surface area contributed by atoms with Crippen molar-refractivity contribution in [3.63, 3.8) is 0 Å². The van der Waals surface area contributed by atoms with E-state index in [1.54, 1.807) is 0 Å². The Labute approximate surface area is 177 Å². The van der Waals surface area contributed by atoms with Crippen LogP contribution in [0.3, 0.4) is 0 Å². The number of halogens is 1. The van der Waals surface area contributed by atoms with Gasteiger partial charge in [0.05, 0.1) is 6.54 Å². The summed E-state index contributed by atoms with van der Waals surface area (Å²) in [4.78, 5) is 8.90. The number of benzene rings is 1. The number of nitrogens with one attached hydrogen (secondary N) is 2. The van der Waals surface area contributed by atoms with E-state index < -0.39 is 0 Å². The van der Waals surface area contributed by atoms with Crippen molar-refractivity contribution in [2.45, 2.75) is 39.8 Å². The van der Waals surface area contributed by atoms with Crippen LogP contribution in [-0.4, -0.2) is 35.4 Å². The summed E-state index contributed by atoms with van der Waals surface area (Å²) < 4.78 is 12.9. The molecule has 8 heteroatoms. The fraction of sp³-hybridized carbons (Fsp3) is 0.474. The Bertz CT molecular complexity index is 747. The van der Waals surface area contributed by atoms with Gasteiger partial charge in [0.1, 0.15) is 5.82 Å². The quantitative estimate of drug-likeness (QED) is 0.260. The van der Waals surface area contributed by atoms with E-state index in [9.17, 15) is 0 Å². The van der Waals surface area contributed by atoms with E-state index in [0.29, 0.717) is 13.3 Å². The fourth-order valence-electron chi connectivity index (χ4n) is 2.81. The van der Waals surface area contributed by atoms with Crippen molar-refractivity contribution in [3.8, 4) is 11.5 Å². The third-order valence-electron chi connectivity index (χ3n) is 4.24. The molecule has 1 aliphatic heterocycles. The van der Waals surface area contributed by atoms with Gasteiger partial charge in [-0.05, 0) is 44.4 Å². The van der Waals surface area contributed by atoms with Gasteiger partial charge in [-0.2, -0.15) is 0 Å². The summed E-state index contributed by atoms with van der Waals surface area (Å²) in [6.45, 7) is 7.72. The van der Waals surface area contributed by atoms with Gasteiger partial charge in [-0.15, -0.1) is 24.0 Å². The fourth-order valence-corrected chi connectivity index (χ4v) is 2.81. The number of hydrogen-bond acceptors (Lipinski definition) is 4. The van der Waals surface area contributed by atoms with Crippen molar-refractivity contribution in [1.82, 2.24) is 20.2 Å². The number of imidazole rings is 1. The lowest BCUT2D eigenvalue weighted by molar-refractivity contribution is 0.174. The molecule has 0 saturated heterocycles. The number of guanidine groups is 1. The molecule has 0 unspecified atom stereocenters. The van der Waals surface area contributed by atoms with Gasteiger partial charge in [-0.3, -0.25) is 0 Å². The smallest absolute Gasteiger partial charge is 0.231 e. The first kappa shape index (κ1) is 21.3. The number of unbranched alkanes of at least 4 members (excludes halogenated alkanes) is 1. The molecule has 0 fully saturated rings. The first-order chi connectivity index (χ1) is 12.8. The molecule has 0 amide bonds. The largest absolute Gasteiger partial charge is 0.454 e. The molecule has 1 aromatic heterocycles. The molecule has 2 heterocycles. The van der Waals surface area contributed by atoms with Crippen LogP contribution in [-0.2, 0) is 13.1 Å². The van der Waals surface area contributed by atoms with Gasteiger partial charge < -0.3 is 24.7 Å². The minimum atomic E-state index is 0. The summed E-state index contributed by atoms with van der Waals surface area (Å²) in [6, 6.07) is 5.95. The highest BCUT2D eigenvalue weighted by Crippen LogP contribution is 2.32. The Morgan fingerprint density at radius 1 is 1.22 bits per heavy atom. The van der Waals surface area contributed by atoms with Crippen molar-refractivity contribution in [2.75, 3.05) is 19.9 Å². The monoisotopic (exact) mass is 485 g/mol. The van der Waals surface area contributed by atoms with Gasteiger partial charge in [-0.25, -0.2) is 9.98 Å².